The lowest BCUT2D eigenvalue weighted by atomic mass is 10.2. The average molecular weight is 250 g/mol. The molecular weight excluding hydrogens is 232 g/mol. The van der Waals surface area contributed by atoms with E-state index in [-0.39, 0.29) is 12.7 Å². The Morgan fingerprint density at radius 3 is 2.83 bits per heavy atom. The van der Waals surface area contributed by atoms with Gasteiger partial charge in [-0.05, 0) is 18.2 Å². The Labute approximate surface area is 106 Å². The lowest BCUT2D eigenvalue weighted by molar-refractivity contribution is 0.0953. The number of hydrogen-bond donors (Lipinski definition) is 2. The molecule has 2 N–H and O–H groups in total. The predicted octanol–water partition coefficient (Wildman–Crippen LogP) is 1.14. The van der Waals surface area contributed by atoms with E-state index < -0.39 is 0 Å². The van der Waals surface area contributed by atoms with Crippen molar-refractivity contribution < 1.29 is 14.3 Å². The molecule has 1 heterocycles. The Balaban J connectivity index is 1.85. The molecule has 1 aromatic carbocycles. The van der Waals surface area contributed by atoms with Crippen molar-refractivity contribution in [2.75, 3.05) is 19.9 Å². The summed E-state index contributed by atoms with van der Waals surface area (Å²) in [4.78, 5) is 11.9. The number of hydrogen-bond acceptors (Lipinski definition) is 4. The van der Waals surface area contributed by atoms with Crippen molar-refractivity contribution >= 4 is 5.91 Å². The van der Waals surface area contributed by atoms with Crippen LogP contribution in [0.15, 0.2) is 18.2 Å². The van der Waals surface area contributed by atoms with Crippen LogP contribution in [0.5, 0.6) is 11.5 Å². The van der Waals surface area contributed by atoms with E-state index in [2.05, 4.69) is 24.5 Å². The quantitative estimate of drug-likeness (QED) is 0.769. The number of nitrogens with one attached hydrogen (secondary N) is 2. The number of carbonyl (C=O) groups is 1. The molecular formula is C13H18N2O3. The minimum atomic E-state index is -0.0983. The molecule has 0 aliphatic carbocycles. The van der Waals surface area contributed by atoms with Gasteiger partial charge in [0, 0.05) is 24.7 Å². The summed E-state index contributed by atoms with van der Waals surface area (Å²) in [7, 11) is 0. The van der Waals surface area contributed by atoms with E-state index in [1.807, 2.05) is 0 Å². The molecule has 5 heteroatoms. The van der Waals surface area contributed by atoms with Crippen molar-refractivity contribution in [2.45, 2.75) is 19.9 Å². The van der Waals surface area contributed by atoms with Crippen molar-refractivity contribution in [3.8, 4) is 11.5 Å². The zero-order chi connectivity index (χ0) is 13.0. The Hall–Kier alpha value is -1.75. The summed E-state index contributed by atoms with van der Waals surface area (Å²) in [5, 5.41) is 6.08. The summed E-state index contributed by atoms with van der Waals surface area (Å²) in [6.45, 7) is 5.72. The summed E-state index contributed by atoms with van der Waals surface area (Å²) in [5.41, 5.74) is 0.587. The fourth-order valence-electron chi connectivity index (χ4n) is 1.68. The van der Waals surface area contributed by atoms with Crippen molar-refractivity contribution in [2.24, 2.45) is 0 Å². The van der Waals surface area contributed by atoms with Crippen molar-refractivity contribution in [3.63, 3.8) is 0 Å². The molecule has 0 radical (unpaired) electrons. The first kappa shape index (κ1) is 12.7. The van der Waals surface area contributed by atoms with Crippen LogP contribution < -0.4 is 20.1 Å². The van der Waals surface area contributed by atoms with Gasteiger partial charge in [0.05, 0.1) is 0 Å². The first-order valence-corrected chi connectivity index (χ1v) is 6.08. The fraction of sp³-hybridized carbons (Fsp3) is 0.462. The molecule has 18 heavy (non-hydrogen) atoms. The number of amides is 1. The van der Waals surface area contributed by atoms with Crippen LogP contribution >= 0.6 is 0 Å². The van der Waals surface area contributed by atoms with Gasteiger partial charge < -0.3 is 20.1 Å². The highest BCUT2D eigenvalue weighted by molar-refractivity contribution is 5.94. The standard InChI is InChI=1S/C13H18N2O3/c1-9(2)14-5-6-15-13(16)10-3-4-11-12(7-10)18-8-17-11/h3-4,7,9,14H,5-6,8H2,1-2H3,(H,15,16). The van der Waals surface area contributed by atoms with E-state index in [0.29, 0.717) is 29.6 Å². The van der Waals surface area contributed by atoms with E-state index in [4.69, 9.17) is 9.47 Å². The Morgan fingerprint density at radius 2 is 2.06 bits per heavy atom. The lowest BCUT2D eigenvalue weighted by Gasteiger charge is -2.09. The van der Waals surface area contributed by atoms with Crippen LogP contribution in [-0.4, -0.2) is 31.8 Å². The number of benzene rings is 1. The highest BCUT2D eigenvalue weighted by Crippen LogP contribution is 2.32. The molecule has 0 unspecified atom stereocenters. The Bertz CT molecular complexity index is 432. The van der Waals surface area contributed by atoms with E-state index in [9.17, 15) is 4.79 Å². The third-order valence-corrected chi connectivity index (χ3v) is 2.60. The third kappa shape index (κ3) is 3.13. The van der Waals surface area contributed by atoms with Gasteiger partial charge in [-0.25, -0.2) is 0 Å². The predicted molar refractivity (Wildman–Crippen MR) is 68.0 cm³/mol. The van der Waals surface area contributed by atoms with Gasteiger partial charge in [0.2, 0.25) is 6.79 Å². The van der Waals surface area contributed by atoms with E-state index in [1.54, 1.807) is 18.2 Å². The number of rotatable bonds is 5. The molecule has 98 valence electrons. The molecule has 0 spiro atoms. The molecule has 1 aliphatic heterocycles. The van der Waals surface area contributed by atoms with Gasteiger partial charge in [-0.2, -0.15) is 0 Å². The van der Waals surface area contributed by atoms with Crippen LogP contribution in [0.1, 0.15) is 24.2 Å². The highest BCUT2D eigenvalue weighted by atomic mass is 16.7. The average Bonchev–Trinajstić information content (AvgIpc) is 2.81. The molecule has 1 aliphatic rings. The summed E-state index contributed by atoms with van der Waals surface area (Å²) in [6.07, 6.45) is 0. The maximum atomic E-state index is 11.9. The molecule has 0 bridgehead atoms. The lowest BCUT2D eigenvalue weighted by Crippen LogP contribution is -2.34. The zero-order valence-electron chi connectivity index (χ0n) is 10.7. The minimum Gasteiger partial charge on any atom is -0.454 e. The summed E-state index contributed by atoms with van der Waals surface area (Å²) in [6, 6.07) is 5.61. The summed E-state index contributed by atoms with van der Waals surface area (Å²) < 4.78 is 10.4. The van der Waals surface area contributed by atoms with Crippen molar-refractivity contribution in [3.05, 3.63) is 23.8 Å². The number of ether oxygens (including phenoxy) is 2. The molecule has 0 saturated heterocycles. The first-order valence-electron chi connectivity index (χ1n) is 6.08. The maximum absolute atomic E-state index is 11.9. The van der Waals surface area contributed by atoms with Crippen LogP contribution in [0.3, 0.4) is 0 Å². The van der Waals surface area contributed by atoms with Crippen LogP contribution in [-0.2, 0) is 0 Å². The Kier molecular flexibility index (Phi) is 4.04. The largest absolute Gasteiger partial charge is 0.454 e. The molecule has 1 aromatic rings. The monoisotopic (exact) mass is 250 g/mol. The molecule has 5 nitrogen and oxygen atoms in total. The van der Waals surface area contributed by atoms with Gasteiger partial charge in [-0.1, -0.05) is 13.8 Å². The van der Waals surface area contributed by atoms with Gasteiger partial charge in [0.15, 0.2) is 11.5 Å². The second-order valence-corrected chi connectivity index (χ2v) is 4.43. The Morgan fingerprint density at radius 1 is 1.28 bits per heavy atom. The molecule has 0 fully saturated rings. The molecule has 0 atom stereocenters. The van der Waals surface area contributed by atoms with Gasteiger partial charge in [-0.15, -0.1) is 0 Å². The van der Waals surface area contributed by atoms with Crippen LogP contribution in [0.2, 0.25) is 0 Å². The van der Waals surface area contributed by atoms with Gasteiger partial charge in [0.1, 0.15) is 0 Å². The molecule has 0 aromatic heterocycles. The normalized spacial score (nSPS) is 12.8. The minimum absolute atomic E-state index is 0.0983. The van der Waals surface area contributed by atoms with E-state index in [0.717, 1.165) is 6.54 Å². The number of carbonyl (C=O) groups excluding carboxylic acids is 1. The number of fused-ring (bicyclic) bond motifs is 1. The molecule has 0 saturated carbocycles. The third-order valence-electron chi connectivity index (χ3n) is 2.60. The topological polar surface area (TPSA) is 59.6 Å². The summed E-state index contributed by atoms with van der Waals surface area (Å²) >= 11 is 0. The SMILES string of the molecule is CC(C)NCCNC(=O)c1ccc2c(c1)OCO2. The van der Waals surface area contributed by atoms with Crippen molar-refractivity contribution in [1.29, 1.82) is 0 Å². The zero-order valence-corrected chi connectivity index (χ0v) is 10.7. The van der Waals surface area contributed by atoms with Crippen LogP contribution in [0.25, 0.3) is 0 Å². The molecule has 1 amide bonds. The first-order chi connectivity index (χ1) is 8.66. The van der Waals surface area contributed by atoms with Gasteiger partial charge >= 0.3 is 0 Å². The fourth-order valence-corrected chi connectivity index (χ4v) is 1.68. The van der Waals surface area contributed by atoms with Crippen LogP contribution in [0, 0.1) is 0 Å². The smallest absolute Gasteiger partial charge is 0.251 e. The van der Waals surface area contributed by atoms with E-state index >= 15 is 0 Å². The van der Waals surface area contributed by atoms with Crippen LogP contribution in [0.4, 0.5) is 0 Å². The molecule has 2 rings (SSSR count). The van der Waals surface area contributed by atoms with E-state index in [1.165, 1.54) is 0 Å². The highest BCUT2D eigenvalue weighted by Gasteiger charge is 2.15. The second-order valence-electron chi connectivity index (χ2n) is 4.43. The summed E-state index contributed by atoms with van der Waals surface area (Å²) in [5.74, 6) is 1.22. The van der Waals surface area contributed by atoms with Gasteiger partial charge in [-0.3, -0.25) is 4.79 Å². The van der Waals surface area contributed by atoms with Crippen molar-refractivity contribution in [1.82, 2.24) is 10.6 Å². The maximum Gasteiger partial charge on any atom is 0.251 e. The van der Waals surface area contributed by atoms with Gasteiger partial charge in [0.25, 0.3) is 5.91 Å². The second kappa shape index (κ2) is 5.73.